The zero-order valence-electron chi connectivity index (χ0n) is 26.2. The number of halogens is 2. The summed E-state index contributed by atoms with van der Waals surface area (Å²) in [5, 5.41) is 6.18. The molecule has 1 heterocycles. The molecule has 2 aromatic rings. The Morgan fingerprint density at radius 2 is 1.80 bits per heavy atom. The van der Waals surface area contributed by atoms with E-state index >= 15 is 8.78 Å². The van der Waals surface area contributed by atoms with E-state index in [9.17, 15) is 18.0 Å². The minimum atomic E-state index is -3.78. The molecular formula is C34H43F2N3O5S. The fraction of sp³-hybridized carbons (Fsp3) is 0.588. The van der Waals surface area contributed by atoms with E-state index < -0.39 is 32.9 Å². The number of amides is 2. The normalized spacial score (nSPS) is 26.2. The number of carbonyl (C=O) groups is 2. The Bertz CT molecular complexity index is 1600. The molecule has 2 amide bonds. The fourth-order valence-electron chi connectivity index (χ4n) is 7.32. The highest BCUT2D eigenvalue weighted by molar-refractivity contribution is 7.89. The molecule has 244 valence electrons. The number of benzene rings is 2. The van der Waals surface area contributed by atoms with Crippen molar-refractivity contribution in [3.8, 4) is 16.9 Å². The largest absolute Gasteiger partial charge is 0.490 e. The summed E-state index contributed by atoms with van der Waals surface area (Å²) in [7, 11) is -3.78. The number of rotatable bonds is 9. The second-order valence-electron chi connectivity index (χ2n) is 14.2. The van der Waals surface area contributed by atoms with Crippen LogP contribution in [0.5, 0.6) is 5.75 Å². The number of carbonyl (C=O) groups excluding carboxylic acids is 2. The average molecular weight is 644 g/mol. The van der Waals surface area contributed by atoms with Crippen molar-refractivity contribution in [2.75, 3.05) is 12.8 Å². The van der Waals surface area contributed by atoms with Crippen LogP contribution in [0.25, 0.3) is 11.1 Å². The molecule has 3 saturated carbocycles. The third kappa shape index (κ3) is 6.35. The van der Waals surface area contributed by atoms with Gasteiger partial charge in [-0.15, -0.1) is 0 Å². The van der Waals surface area contributed by atoms with Gasteiger partial charge < -0.3 is 15.4 Å². The quantitative estimate of drug-likeness (QED) is 0.348. The van der Waals surface area contributed by atoms with Crippen LogP contribution in [-0.2, 0) is 25.0 Å². The number of alkyl halides is 1. The molecule has 0 bridgehead atoms. The van der Waals surface area contributed by atoms with E-state index in [1.54, 1.807) is 38.1 Å². The summed E-state index contributed by atoms with van der Waals surface area (Å²) in [4.78, 5) is 26.1. The van der Waals surface area contributed by atoms with Gasteiger partial charge in [-0.05, 0) is 99.6 Å². The fourth-order valence-corrected chi connectivity index (χ4v) is 7.91. The van der Waals surface area contributed by atoms with Crippen LogP contribution in [0.3, 0.4) is 0 Å². The molecule has 3 atom stereocenters. The number of hydrogen-bond acceptors (Lipinski definition) is 6. The highest BCUT2D eigenvalue weighted by Crippen LogP contribution is 2.47. The van der Waals surface area contributed by atoms with Gasteiger partial charge in [0.2, 0.25) is 21.6 Å². The maximum Gasteiger partial charge on any atom is 0.259 e. The molecule has 8 nitrogen and oxygen atoms in total. The molecule has 4 aliphatic rings. The van der Waals surface area contributed by atoms with Gasteiger partial charge in [-0.1, -0.05) is 24.6 Å². The SMILES string of the molecule is CC(C)(C(=O)NS(C)(=O)=O)c1ccc(O[C@@H]2CC[C@@H](NC(=O)C3(F)CNC4(CCC4)C3)C2)c(-c2cccc(F)c2C2CCC2)c1. The molecule has 2 aromatic carbocycles. The number of ether oxygens (including phenoxy) is 1. The van der Waals surface area contributed by atoms with Gasteiger partial charge in [0.1, 0.15) is 17.7 Å². The Kier molecular flexibility index (Phi) is 8.25. The van der Waals surface area contributed by atoms with Gasteiger partial charge in [-0.25, -0.2) is 17.2 Å². The van der Waals surface area contributed by atoms with E-state index in [0.29, 0.717) is 47.3 Å². The van der Waals surface area contributed by atoms with E-state index in [1.165, 1.54) is 6.07 Å². The molecule has 11 heteroatoms. The molecule has 45 heavy (non-hydrogen) atoms. The first kappa shape index (κ1) is 31.9. The van der Waals surface area contributed by atoms with Gasteiger partial charge in [0.15, 0.2) is 0 Å². The van der Waals surface area contributed by atoms with E-state index in [0.717, 1.165) is 44.8 Å². The first-order chi connectivity index (χ1) is 21.2. The topological polar surface area (TPSA) is 114 Å². The standard InChI is InChI=1S/C34H43F2N3O5S/c1-32(2,30(40)39-45(3,42)43)22-11-14-28(26(17-22)25-9-5-10-27(35)29(25)21-7-4-8-21)44-24-13-12-23(18-24)38-31(41)34(36)19-33(37-20-34)15-6-16-33/h5,9-11,14,17,21,23-24,37H,4,6-8,12-13,15-16,18-20H2,1-3H3,(H,38,41)(H,39,40)/t23-,24-,34?/m1/s1. The van der Waals surface area contributed by atoms with Crippen LogP contribution in [0.15, 0.2) is 36.4 Å². The maximum absolute atomic E-state index is 15.6. The van der Waals surface area contributed by atoms with Gasteiger partial charge >= 0.3 is 0 Å². The highest BCUT2D eigenvalue weighted by Gasteiger charge is 2.55. The van der Waals surface area contributed by atoms with Crippen molar-refractivity contribution in [1.29, 1.82) is 0 Å². The lowest BCUT2D eigenvalue weighted by atomic mass is 9.74. The Labute approximate surface area is 264 Å². The smallest absolute Gasteiger partial charge is 0.259 e. The van der Waals surface area contributed by atoms with Crippen molar-refractivity contribution >= 4 is 21.8 Å². The minimum Gasteiger partial charge on any atom is -0.490 e. The van der Waals surface area contributed by atoms with Crippen molar-refractivity contribution in [3.05, 3.63) is 53.3 Å². The van der Waals surface area contributed by atoms with Crippen LogP contribution < -0.4 is 20.1 Å². The minimum absolute atomic E-state index is 0.0384. The number of sulfonamides is 1. The third-order valence-corrected chi connectivity index (χ3v) is 11.1. The van der Waals surface area contributed by atoms with Gasteiger partial charge in [0, 0.05) is 36.5 Å². The molecule has 3 N–H and O–H groups in total. The van der Waals surface area contributed by atoms with Gasteiger partial charge in [0.05, 0.1) is 11.7 Å². The van der Waals surface area contributed by atoms with Crippen LogP contribution in [-0.4, -0.2) is 56.4 Å². The molecule has 1 spiro atoms. The third-order valence-electron chi connectivity index (χ3n) is 10.5. The average Bonchev–Trinajstić information content (AvgIpc) is 3.53. The predicted octanol–water partition coefficient (Wildman–Crippen LogP) is 5.15. The van der Waals surface area contributed by atoms with Gasteiger partial charge in [-0.2, -0.15) is 0 Å². The van der Waals surface area contributed by atoms with E-state index in [4.69, 9.17) is 4.74 Å². The molecular weight excluding hydrogens is 600 g/mol. The van der Waals surface area contributed by atoms with Crippen molar-refractivity contribution in [1.82, 2.24) is 15.4 Å². The molecule has 1 aliphatic heterocycles. The molecule has 1 unspecified atom stereocenters. The summed E-state index contributed by atoms with van der Waals surface area (Å²) in [6, 6.07) is 10.0. The van der Waals surface area contributed by atoms with Crippen LogP contribution >= 0.6 is 0 Å². The van der Waals surface area contributed by atoms with Crippen molar-refractivity contribution in [2.24, 2.45) is 0 Å². The van der Waals surface area contributed by atoms with Gasteiger partial charge in [0.25, 0.3) is 5.91 Å². The van der Waals surface area contributed by atoms with Crippen molar-refractivity contribution in [3.63, 3.8) is 0 Å². The van der Waals surface area contributed by atoms with Crippen LogP contribution in [0.4, 0.5) is 8.78 Å². The van der Waals surface area contributed by atoms with Crippen LogP contribution in [0.2, 0.25) is 0 Å². The lowest BCUT2D eigenvalue weighted by Gasteiger charge is -2.38. The molecule has 0 aromatic heterocycles. The molecule has 6 rings (SSSR count). The summed E-state index contributed by atoms with van der Waals surface area (Å²) < 4.78 is 63.3. The summed E-state index contributed by atoms with van der Waals surface area (Å²) in [6.07, 6.45) is 8.31. The first-order valence-corrected chi connectivity index (χ1v) is 17.9. The summed E-state index contributed by atoms with van der Waals surface area (Å²) in [6.45, 7) is 3.32. The Hall–Kier alpha value is -3.05. The Morgan fingerprint density at radius 3 is 2.42 bits per heavy atom. The van der Waals surface area contributed by atoms with Gasteiger partial charge in [-0.3, -0.25) is 14.3 Å². The van der Waals surface area contributed by atoms with E-state index in [2.05, 4.69) is 15.4 Å². The highest BCUT2D eigenvalue weighted by atomic mass is 32.2. The lowest BCUT2D eigenvalue weighted by molar-refractivity contribution is -0.133. The zero-order chi connectivity index (χ0) is 32.2. The van der Waals surface area contributed by atoms with Crippen LogP contribution in [0, 0.1) is 5.82 Å². The second kappa shape index (κ2) is 11.6. The molecule has 4 fully saturated rings. The maximum atomic E-state index is 15.6. The van der Waals surface area contributed by atoms with Crippen molar-refractivity contribution in [2.45, 2.75) is 113 Å². The summed E-state index contributed by atoms with van der Waals surface area (Å²) in [5.74, 6) is -0.952. The van der Waals surface area contributed by atoms with Crippen LogP contribution in [0.1, 0.15) is 95.1 Å². The Morgan fingerprint density at radius 1 is 1.04 bits per heavy atom. The molecule has 3 aliphatic carbocycles. The summed E-state index contributed by atoms with van der Waals surface area (Å²) in [5.41, 5.74) is -0.904. The van der Waals surface area contributed by atoms with E-state index in [1.807, 2.05) is 6.07 Å². The molecule has 1 saturated heterocycles. The zero-order valence-corrected chi connectivity index (χ0v) is 27.0. The predicted molar refractivity (Wildman–Crippen MR) is 168 cm³/mol. The Balaban J connectivity index is 1.25. The first-order valence-electron chi connectivity index (χ1n) is 16.1. The summed E-state index contributed by atoms with van der Waals surface area (Å²) >= 11 is 0. The van der Waals surface area contributed by atoms with E-state index in [-0.39, 0.29) is 42.4 Å². The van der Waals surface area contributed by atoms with Crippen molar-refractivity contribution < 1.29 is 31.5 Å². The number of nitrogens with one attached hydrogen (secondary N) is 3. The molecule has 0 radical (unpaired) electrons. The second-order valence-corrected chi connectivity index (χ2v) is 16.0. The monoisotopic (exact) mass is 643 g/mol. The lowest BCUT2D eigenvalue weighted by Crippen LogP contribution is -2.49. The number of hydrogen-bond donors (Lipinski definition) is 3.